The molecule has 1 rings (SSSR count). The summed E-state index contributed by atoms with van der Waals surface area (Å²) in [4.78, 5) is 3.75. The Labute approximate surface area is 70.4 Å². The lowest BCUT2D eigenvalue weighted by Gasteiger charge is -1.88. The zero-order valence-corrected chi connectivity index (χ0v) is 6.67. The Kier molecular flexibility index (Phi) is 3.24. The van der Waals surface area contributed by atoms with Crippen molar-refractivity contribution in [1.82, 2.24) is 4.98 Å². The van der Waals surface area contributed by atoms with Gasteiger partial charge in [-0.3, -0.25) is 0 Å². The molecule has 2 nitrogen and oxygen atoms in total. The van der Waals surface area contributed by atoms with Gasteiger partial charge in [-0.15, -0.1) is 0 Å². The van der Waals surface area contributed by atoms with Gasteiger partial charge in [-0.2, -0.15) is 0 Å². The number of hydrogen-bond donors (Lipinski definition) is 0. The summed E-state index contributed by atoms with van der Waals surface area (Å²) in [6.07, 6.45) is 1.14. The second-order valence-corrected chi connectivity index (χ2v) is 2.10. The number of aromatic nitrogens is 1. The minimum atomic E-state index is -0.354. The summed E-state index contributed by atoms with van der Waals surface area (Å²) < 4.78 is 17.1. The van der Waals surface area contributed by atoms with Crippen LogP contribution in [0.5, 0.6) is 0 Å². The highest BCUT2D eigenvalue weighted by Crippen LogP contribution is 1.95. The summed E-state index contributed by atoms with van der Waals surface area (Å²) in [7, 11) is 1.56. The van der Waals surface area contributed by atoms with Crippen molar-refractivity contribution >= 4 is 0 Å². The van der Waals surface area contributed by atoms with Gasteiger partial charge in [0.2, 0.25) is 0 Å². The zero-order chi connectivity index (χ0) is 8.81. The van der Waals surface area contributed by atoms with E-state index in [-0.39, 0.29) is 5.82 Å². The molecule has 0 saturated heterocycles. The van der Waals surface area contributed by atoms with Gasteiger partial charge in [0.15, 0.2) is 0 Å². The van der Waals surface area contributed by atoms with Gasteiger partial charge in [0.05, 0.1) is 6.20 Å². The molecule has 0 amide bonds. The van der Waals surface area contributed by atoms with Gasteiger partial charge < -0.3 is 4.74 Å². The lowest BCUT2D eigenvalue weighted by Crippen LogP contribution is -1.85. The van der Waals surface area contributed by atoms with Crippen molar-refractivity contribution in [1.29, 1.82) is 0 Å². The van der Waals surface area contributed by atoms with Crippen molar-refractivity contribution in [2.75, 3.05) is 13.7 Å². The molecule has 0 spiro atoms. The van der Waals surface area contributed by atoms with Crippen LogP contribution in [0.15, 0.2) is 18.3 Å². The SMILES string of the molecule is COCC#Cc1ccc(F)cn1. The molecule has 0 radical (unpaired) electrons. The summed E-state index contributed by atoms with van der Waals surface area (Å²) in [5, 5.41) is 0. The molecule has 0 fully saturated rings. The monoisotopic (exact) mass is 165 g/mol. The van der Waals surface area contributed by atoms with Gasteiger partial charge in [0, 0.05) is 7.11 Å². The first-order valence-electron chi connectivity index (χ1n) is 3.42. The minimum absolute atomic E-state index is 0.354. The summed E-state index contributed by atoms with van der Waals surface area (Å²) in [5.74, 6) is 5.08. The Balaban J connectivity index is 2.66. The van der Waals surface area contributed by atoms with E-state index in [4.69, 9.17) is 4.74 Å². The maximum Gasteiger partial charge on any atom is 0.141 e. The molecule has 3 heteroatoms. The molecule has 1 aromatic heterocycles. The lowest BCUT2D eigenvalue weighted by molar-refractivity contribution is 0.240. The largest absolute Gasteiger partial charge is 0.372 e. The molecule has 0 unspecified atom stereocenters. The lowest BCUT2D eigenvalue weighted by atomic mass is 10.3. The fourth-order valence-electron chi connectivity index (χ4n) is 0.649. The number of ether oxygens (including phenoxy) is 1. The third-order valence-electron chi connectivity index (χ3n) is 1.16. The van der Waals surface area contributed by atoms with Crippen molar-refractivity contribution in [2.24, 2.45) is 0 Å². The van der Waals surface area contributed by atoms with Gasteiger partial charge >= 0.3 is 0 Å². The normalized spacial score (nSPS) is 8.83. The van der Waals surface area contributed by atoms with Crippen molar-refractivity contribution in [2.45, 2.75) is 0 Å². The number of methoxy groups -OCH3 is 1. The van der Waals surface area contributed by atoms with Crippen molar-refractivity contribution in [3.8, 4) is 11.8 Å². The van der Waals surface area contributed by atoms with Crippen molar-refractivity contribution < 1.29 is 9.13 Å². The molecule has 0 bridgehead atoms. The van der Waals surface area contributed by atoms with Crippen LogP contribution in [0.1, 0.15) is 5.69 Å². The molecule has 1 aromatic rings. The van der Waals surface area contributed by atoms with Gasteiger partial charge in [0.25, 0.3) is 0 Å². The summed E-state index contributed by atoms with van der Waals surface area (Å²) in [6, 6.07) is 2.85. The van der Waals surface area contributed by atoms with E-state index in [1.807, 2.05) is 0 Å². The first-order chi connectivity index (χ1) is 5.83. The van der Waals surface area contributed by atoms with Gasteiger partial charge in [-0.1, -0.05) is 5.92 Å². The number of nitrogens with zero attached hydrogens (tertiary/aromatic N) is 1. The van der Waals surface area contributed by atoms with Crippen LogP contribution >= 0.6 is 0 Å². The first kappa shape index (κ1) is 8.69. The summed E-state index contributed by atoms with van der Waals surface area (Å²) >= 11 is 0. The van der Waals surface area contributed by atoms with E-state index in [2.05, 4.69) is 16.8 Å². The maximum absolute atomic E-state index is 12.3. The van der Waals surface area contributed by atoms with Crippen LogP contribution in [0.2, 0.25) is 0 Å². The predicted molar refractivity (Wildman–Crippen MR) is 42.9 cm³/mol. The highest BCUT2D eigenvalue weighted by molar-refractivity contribution is 5.26. The van der Waals surface area contributed by atoms with Gasteiger partial charge in [-0.25, -0.2) is 9.37 Å². The molecule has 12 heavy (non-hydrogen) atoms. The Hall–Kier alpha value is -1.40. The molecule has 0 atom stereocenters. The number of halogens is 1. The third-order valence-corrected chi connectivity index (χ3v) is 1.16. The first-order valence-corrected chi connectivity index (χ1v) is 3.42. The molecule has 0 aliphatic heterocycles. The minimum Gasteiger partial charge on any atom is -0.372 e. The Morgan fingerprint density at radius 2 is 2.42 bits per heavy atom. The van der Waals surface area contributed by atoms with Crippen LogP contribution in [0.25, 0.3) is 0 Å². The van der Waals surface area contributed by atoms with Gasteiger partial charge in [0.1, 0.15) is 18.1 Å². The molecular formula is C9H8FNO. The van der Waals surface area contributed by atoms with E-state index < -0.39 is 0 Å². The number of rotatable bonds is 1. The zero-order valence-electron chi connectivity index (χ0n) is 6.67. The standard InChI is InChI=1S/C9H8FNO/c1-12-6-2-3-9-5-4-8(10)7-11-9/h4-5,7H,6H2,1H3. The molecule has 62 valence electrons. The van der Waals surface area contributed by atoms with Crippen LogP contribution in [-0.4, -0.2) is 18.7 Å². The van der Waals surface area contributed by atoms with E-state index in [9.17, 15) is 4.39 Å². The average molecular weight is 165 g/mol. The summed E-state index contributed by atoms with van der Waals surface area (Å²) in [6.45, 7) is 0.360. The summed E-state index contributed by atoms with van der Waals surface area (Å²) in [5.41, 5.74) is 0.549. The molecular weight excluding hydrogens is 157 g/mol. The van der Waals surface area contributed by atoms with E-state index >= 15 is 0 Å². The Morgan fingerprint density at radius 1 is 1.58 bits per heavy atom. The van der Waals surface area contributed by atoms with Crippen LogP contribution in [0.3, 0.4) is 0 Å². The van der Waals surface area contributed by atoms with E-state index in [1.54, 1.807) is 7.11 Å². The van der Waals surface area contributed by atoms with Crippen LogP contribution in [0.4, 0.5) is 4.39 Å². The highest BCUT2D eigenvalue weighted by atomic mass is 19.1. The van der Waals surface area contributed by atoms with Gasteiger partial charge in [-0.05, 0) is 18.1 Å². The van der Waals surface area contributed by atoms with E-state index in [1.165, 1.54) is 12.1 Å². The van der Waals surface area contributed by atoms with Crippen LogP contribution in [0, 0.1) is 17.7 Å². The van der Waals surface area contributed by atoms with Crippen LogP contribution in [-0.2, 0) is 4.74 Å². The Morgan fingerprint density at radius 3 is 3.00 bits per heavy atom. The average Bonchev–Trinajstić information content (AvgIpc) is 2.09. The maximum atomic E-state index is 12.3. The Bertz CT molecular complexity index is 297. The molecule has 0 aliphatic carbocycles. The predicted octanol–water partition coefficient (Wildman–Crippen LogP) is 1.22. The molecule has 0 N–H and O–H groups in total. The van der Waals surface area contributed by atoms with Crippen molar-refractivity contribution in [3.63, 3.8) is 0 Å². The molecule has 0 aromatic carbocycles. The van der Waals surface area contributed by atoms with E-state index in [0.717, 1.165) is 6.20 Å². The van der Waals surface area contributed by atoms with E-state index in [0.29, 0.717) is 12.3 Å². The van der Waals surface area contributed by atoms with Crippen molar-refractivity contribution in [3.05, 3.63) is 29.8 Å². The second-order valence-electron chi connectivity index (χ2n) is 2.10. The number of pyridine rings is 1. The number of hydrogen-bond acceptors (Lipinski definition) is 2. The topological polar surface area (TPSA) is 22.1 Å². The fourth-order valence-corrected chi connectivity index (χ4v) is 0.649. The quantitative estimate of drug-likeness (QED) is 0.584. The fraction of sp³-hybridized carbons (Fsp3) is 0.222. The molecule has 0 saturated carbocycles. The molecule has 1 heterocycles. The second kappa shape index (κ2) is 4.47. The third kappa shape index (κ3) is 2.69. The molecule has 0 aliphatic rings. The smallest absolute Gasteiger partial charge is 0.141 e. The van der Waals surface area contributed by atoms with Crippen LogP contribution < -0.4 is 0 Å². The highest BCUT2D eigenvalue weighted by Gasteiger charge is 1.88.